The molecule has 0 spiro atoms. The number of nitrogens with zero attached hydrogens (tertiary/aromatic N) is 5. The van der Waals surface area contributed by atoms with Gasteiger partial charge in [0.1, 0.15) is 33.9 Å². The lowest BCUT2D eigenvalue weighted by atomic mass is 9.90. The van der Waals surface area contributed by atoms with Gasteiger partial charge in [-0.3, -0.25) is 19.1 Å². The highest BCUT2D eigenvalue weighted by Gasteiger charge is 2.61. The molecule has 1 N–H and O–H groups in total. The number of rotatable bonds is 10. The Morgan fingerprint density at radius 3 is 2.60 bits per heavy atom. The number of fused-ring (bicyclic) bond motifs is 5. The van der Waals surface area contributed by atoms with Crippen LogP contribution < -0.4 is 14.2 Å². The number of hydrogen-bond acceptors (Lipinski definition) is 12. The Labute approximate surface area is 364 Å². The molecule has 14 nitrogen and oxygen atoms in total. The summed E-state index contributed by atoms with van der Waals surface area (Å²) >= 11 is 6.25. The molecule has 5 heterocycles. The molecule has 5 aromatic rings. The van der Waals surface area contributed by atoms with E-state index in [2.05, 4.69) is 14.7 Å². The first-order chi connectivity index (χ1) is 29.9. The van der Waals surface area contributed by atoms with Crippen molar-refractivity contribution in [3.05, 3.63) is 83.9 Å². The number of nitrogens with one attached hydrogen (secondary N) is 1. The van der Waals surface area contributed by atoms with Gasteiger partial charge in [-0.1, -0.05) is 48.7 Å². The third kappa shape index (κ3) is 8.78. The molecule has 0 bridgehead atoms. The number of Topliss-reactive ketones (excluding diaryl/α,β-unsaturated/α-hetero) is 1. The van der Waals surface area contributed by atoms with E-state index >= 15 is 0 Å². The van der Waals surface area contributed by atoms with Crippen molar-refractivity contribution in [2.24, 2.45) is 17.3 Å². The zero-order chi connectivity index (χ0) is 43.2. The number of ether oxygens (including phenoxy) is 2. The maximum atomic E-state index is 14.9. The van der Waals surface area contributed by atoms with E-state index < -0.39 is 44.7 Å². The minimum Gasteiger partial charge on any atom is -0.491 e. The second-order valence-electron chi connectivity index (χ2n) is 17.3. The molecule has 324 valence electrons. The van der Waals surface area contributed by atoms with E-state index in [9.17, 15) is 22.8 Å². The molecule has 5 atom stereocenters. The first kappa shape index (κ1) is 41.9. The average Bonchev–Trinajstić information content (AvgIpc) is 4.14. The molecule has 62 heavy (non-hydrogen) atoms. The van der Waals surface area contributed by atoms with E-state index in [0.29, 0.717) is 65.3 Å². The summed E-state index contributed by atoms with van der Waals surface area (Å²) in [6, 6.07) is 15.6. The van der Waals surface area contributed by atoms with Gasteiger partial charge < -0.3 is 18.8 Å². The third-order valence-electron chi connectivity index (χ3n) is 12.4. The number of aromatic nitrogens is 4. The number of furan rings is 1. The number of carbonyl (C=O) groups is 3. The fraction of sp³-hybridized carbons (Fsp3) is 0.457. The van der Waals surface area contributed by atoms with Crippen molar-refractivity contribution in [2.45, 2.75) is 108 Å². The molecule has 16 heteroatoms. The predicted octanol–water partition coefficient (Wildman–Crippen LogP) is 7.58. The van der Waals surface area contributed by atoms with Gasteiger partial charge in [-0.15, -0.1) is 0 Å². The number of allylic oxidation sites excluding steroid dienone is 2. The largest absolute Gasteiger partial charge is 0.491 e. The van der Waals surface area contributed by atoms with Crippen molar-refractivity contribution >= 4 is 61.3 Å². The van der Waals surface area contributed by atoms with Crippen molar-refractivity contribution in [2.75, 3.05) is 6.54 Å². The number of benzene rings is 2. The molecule has 2 aliphatic heterocycles. The second-order valence-corrected chi connectivity index (χ2v) is 19.7. The summed E-state index contributed by atoms with van der Waals surface area (Å²) in [6.07, 6.45) is 9.97. The summed E-state index contributed by atoms with van der Waals surface area (Å²) < 4.78 is 47.3. The molecule has 2 saturated carbocycles. The number of sulfonamides is 1. The fourth-order valence-electron chi connectivity index (χ4n) is 8.90. The molecular formula is C46H49ClN6O8S. The number of amides is 2. The highest BCUT2D eigenvalue weighted by atomic mass is 35.5. The lowest BCUT2D eigenvalue weighted by Crippen LogP contribution is -2.46. The Morgan fingerprint density at radius 1 is 1.02 bits per heavy atom. The van der Waals surface area contributed by atoms with Crippen molar-refractivity contribution in [3.8, 4) is 23.0 Å². The molecule has 9 rings (SSSR count). The van der Waals surface area contributed by atoms with Crippen LogP contribution >= 0.6 is 11.6 Å². The maximum absolute atomic E-state index is 14.9. The summed E-state index contributed by atoms with van der Waals surface area (Å²) in [7, 11) is -3.87. The molecule has 2 aliphatic carbocycles. The highest BCUT2D eigenvalue weighted by molar-refractivity contribution is 7.90. The third-order valence-corrected chi connectivity index (χ3v) is 14.4. The summed E-state index contributed by atoms with van der Waals surface area (Å²) in [5.74, 6) is -0.479. The van der Waals surface area contributed by atoms with E-state index in [0.717, 1.165) is 31.1 Å². The minimum absolute atomic E-state index is 0.000655. The van der Waals surface area contributed by atoms with Gasteiger partial charge in [0.15, 0.2) is 11.6 Å². The van der Waals surface area contributed by atoms with Crippen LogP contribution in [0.25, 0.3) is 33.5 Å². The SMILES string of the molecule is CC(C)Oc1ccc(-c2nc(O[C@@H]3C[C@H]4C(=O)C[C@]5(C(=O)NS(=O)(=O)C6CC6)C[C@H]5/C=C\CCCCC[C@H](Cc5nccc(Cl)n5)C(=O)N4C3)c3oc4ccccc4c3n2)cc1. The van der Waals surface area contributed by atoms with E-state index in [-0.39, 0.29) is 60.6 Å². The molecule has 4 aliphatic rings. The normalized spacial score (nSPS) is 25.2. The Bertz CT molecular complexity index is 2670. The standard InChI is InChI=1S/C46H49ClN6O8S/c1-27(2)59-31-16-14-28(15-17-31)42-50-40-34-12-8-9-13-37(34)61-41(40)43(51-42)60-32-23-35-36(54)25-46(45(56)52-62(57,58)33-18-19-33)24-30(46)11-7-5-3-4-6-10-29(44(55)53(35)26-32)22-39-48-21-20-38(47)49-39/h7-9,11-17,20-21,27,29-30,32-33,35H,3-6,10,18-19,22-26H2,1-2H3,(H,52,56)/b11-7-/t29-,30-,32-,35+,46-/m1/s1. The van der Waals surface area contributed by atoms with Gasteiger partial charge in [0.25, 0.3) is 5.88 Å². The van der Waals surface area contributed by atoms with Gasteiger partial charge in [-0.05, 0) is 101 Å². The maximum Gasteiger partial charge on any atom is 0.262 e. The van der Waals surface area contributed by atoms with Crippen molar-refractivity contribution in [3.63, 3.8) is 0 Å². The Balaban J connectivity index is 1.07. The molecule has 0 unspecified atom stereocenters. The number of carbonyl (C=O) groups excluding carboxylic acids is 3. The van der Waals surface area contributed by atoms with Gasteiger partial charge in [-0.2, -0.15) is 4.98 Å². The van der Waals surface area contributed by atoms with Crippen LogP contribution in [0.4, 0.5) is 0 Å². The summed E-state index contributed by atoms with van der Waals surface area (Å²) in [4.78, 5) is 63.9. The van der Waals surface area contributed by atoms with Crippen LogP contribution in [0.5, 0.6) is 11.6 Å². The highest BCUT2D eigenvalue weighted by Crippen LogP contribution is 2.57. The van der Waals surface area contributed by atoms with Crippen molar-refractivity contribution < 1.29 is 36.7 Å². The summed E-state index contributed by atoms with van der Waals surface area (Å²) in [6.45, 7) is 3.96. The average molecular weight is 881 g/mol. The lowest BCUT2D eigenvalue weighted by Gasteiger charge is -2.29. The smallest absolute Gasteiger partial charge is 0.262 e. The van der Waals surface area contributed by atoms with Crippen LogP contribution in [-0.2, 0) is 30.8 Å². The molecule has 3 aromatic heterocycles. The first-order valence-electron chi connectivity index (χ1n) is 21.5. The van der Waals surface area contributed by atoms with Crippen molar-refractivity contribution in [1.29, 1.82) is 0 Å². The predicted molar refractivity (Wildman–Crippen MR) is 232 cm³/mol. The first-order valence-corrected chi connectivity index (χ1v) is 23.5. The van der Waals surface area contributed by atoms with E-state index in [1.165, 1.54) is 0 Å². The fourth-order valence-corrected chi connectivity index (χ4v) is 10.4. The number of para-hydroxylation sites is 1. The molecular weight excluding hydrogens is 832 g/mol. The van der Waals surface area contributed by atoms with E-state index in [1.807, 2.05) is 74.5 Å². The Morgan fingerprint density at radius 2 is 1.82 bits per heavy atom. The van der Waals surface area contributed by atoms with Crippen LogP contribution in [0.3, 0.4) is 0 Å². The van der Waals surface area contributed by atoms with Crippen LogP contribution in [-0.4, -0.2) is 80.9 Å². The zero-order valence-corrected chi connectivity index (χ0v) is 36.2. The molecule has 2 aromatic carbocycles. The van der Waals surface area contributed by atoms with E-state index in [1.54, 1.807) is 17.2 Å². The van der Waals surface area contributed by atoms with Gasteiger partial charge in [0.2, 0.25) is 27.4 Å². The van der Waals surface area contributed by atoms with Gasteiger partial charge >= 0.3 is 0 Å². The van der Waals surface area contributed by atoms with Crippen molar-refractivity contribution in [1.82, 2.24) is 29.6 Å². The summed E-state index contributed by atoms with van der Waals surface area (Å²) in [5.41, 5.74) is 0.929. The van der Waals surface area contributed by atoms with Crippen LogP contribution in [0.15, 0.2) is 77.4 Å². The zero-order valence-electron chi connectivity index (χ0n) is 34.7. The topological polar surface area (TPSA) is 184 Å². The van der Waals surface area contributed by atoms with Gasteiger partial charge in [0.05, 0.1) is 29.4 Å². The van der Waals surface area contributed by atoms with Crippen LogP contribution in [0.1, 0.15) is 83.9 Å². The van der Waals surface area contributed by atoms with Gasteiger partial charge in [0, 0.05) is 42.3 Å². The Hall–Kier alpha value is -5.41. The molecule has 0 radical (unpaired) electrons. The molecule has 3 fully saturated rings. The van der Waals surface area contributed by atoms with Crippen LogP contribution in [0, 0.1) is 17.3 Å². The lowest BCUT2D eigenvalue weighted by molar-refractivity contribution is -0.142. The summed E-state index contributed by atoms with van der Waals surface area (Å²) in [5, 5.41) is 0.432. The monoisotopic (exact) mass is 880 g/mol. The van der Waals surface area contributed by atoms with Gasteiger partial charge in [-0.25, -0.2) is 23.4 Å². The Kier molecular flexibility index (Phi) is 11.5. The van der Waals surface area contributed by atoms with Crippen LogP contribution in [0.2, 0.25) is 5.15 Å². The van der Waals surface area contributed by atoms with E-state index in [4.69, 9.17) is 35.5 Å². The number of ketones is 1. The molecule has 2 amide bonds. The second kappa shape index (κ2) is 17.0. The number of halogens is 1. The minimum atomic E-state index is -3.87. The number of hydrogen-bond donors (Lipinski definition) is 1. The quantitative estimate of drug-likeness (QED) is 0.107. The molecule has 1 saturated heterocycles.